The lowest BCUT2D eigenvalue weighted by molar-refractivity contribution is 0.0492. The molecule has 2 aromatic carbocycles. The molecule has 4 rings (SSSR count). The van der Waals surface area contributed by atoms with E-state index in [2.05, 4.69) is 5.32 Å². The quantitative estimate of drug-likeness (QED) is 0.810. The molecule has 0 spiro atoms. The number of fused-ring (bicyclic) bond motifs is 4. The van der Waals surface area contributed by atoms with Gasteiger partial charge in [-0.2, -0.15) is 0 Å². The number of para-hydroxylation sites is 2. The minimum atomic E-state index is -0.705. The number of benzene rings is 2. The Morgan fingerprint density at radius 1 is 1.23 bits per heavy atom. The molecule has 0 saturated carbocycles. The zero-order valence-corrected chi connectivity index (χ0v) is 12.9. The van der Waals surface area contributed by atoms with Gasteiger partial charge in [0.1, 0.15) is 11.6 Å². The van der Waals surface area contributed by atoms with E-state index >= 15 is 0 Å². The SMILES string of the molecule is C[C@]12C[C@H](NC(=S)N1c1ccccc1F)c1ccccc1O2. The van der Waals surface area contributed by atoms with Gasteiger partial charge in [-0.05, 0) is 37.3 Å². The Balaban J connectivity index is 1.84. The predicted octanol–water partition coefficient (Wildman–Crippen LogP) is 3.76. The van der Waals surface area contributed by atoms with E-state index in [1.165, 1.54) is 6.07 Å². The molecule has 112 valence electrons. The second kappa shape index (κ2) is 4.68. The lowest BCUT2D eigenvalue weighted by Gasteiger charge is -2.52. The summed E-state index contributed by atoms with van der Waals surface area (Å²) in [5.74, 6) is 0.506. The first-order valence-electron chi connectivity index (χ1n) is 7.22. The van der Waals surface area contributed by atoms with E-state index in [4.69, 9.17) is 17.0 Å². The summed E-state index contributed by atoms with van der Waals surface area (Å²) >= 11 is 5.49. The number of nitrogens with zero attached hydrogens (tertiary/aromatic N) is 1. The average Bonchev–Trinajstić information content (AvgIpc) is 2.48. The van der Waals surface area contributed by atoms with Crippen molar-refractivity contribution >= 4 is 23.0 Å². The third-order valence-electron chi connectivity index (χ3n) is 4.27. The van der Waals surface area contributed by atoms with Crippen LogP contribution < -0.4 is 15.0 Å². The van der Waals surface area contributed by atoms with Gasteiger partial charge in [0.25, 0.3) is 0 Å². The Morgan fingerprint density at radius 2 is 1.95 bits per heavy atom. The van der Waals surface area contributed by atoms with E-state index in [0.717, 1.165) is 11.3 Å². The fraction of sp³-hybridized carbons (Fsp3) is 0.235. The van der Waals surface area contributed by atoms with E-state index in [1.807, 2.05) is 31.2 Å². The van der Waals surface area contributed by atoms with Crippen LogP contribution in [0.25, 0.3) is 0 Å². The van der Waals surface area contributed by atoms with Crippen molar-refractivity contribution in [2.45, 2.75) is 25.1 Å². The molecule has 0 unspecified atom stereocenters. The zero-order chi connectivity index (χ0) is 15.3. The fourth-order valence-corrected chi connectivity index (χ4v) is 3.75. The summed E-state index contributed by atoms with van der Waals surface area (Å²) in [4.78, 5) is 1.74. The molecule has 5 heteroatoms. The Bertz CT molecular complexity index is 766. The molecule has 1 N–H and O–H groups in total. The van der Waals surface area contributed by atoms with Crippen LogP contribution in [-0.4, -0.2) is 10.8 Å². The average molecular weight is 314 g/mol. The molecule has 2 atom stereocenters. The number of anilines is 1. The molecule has 0 aromatic heterocycles. The monoisotopic (exact) mass is 314 g/mol. The maximum absolute atomic E-state index is 14.3. The van der Waals surface area contributed by atoms with Crippen LogP contribution in [0.15, 0.2) is 48.5 Å². The van der Waals surface area contributed by atoms with Gasteiger partial charge in [-0.1, -0.05) is 30.3 Å². The highest BCUT2D eigenvalue weighted by Gasteiger charge is 2.48. The van der Waals surface area contributed by atoms with Crippen LogP contribution in [0.5, 0.6) is 5.75 Å². The molecule has 1 fully saturated rings. The second-order valence-corrected chi connectivity index (χ2v) is 6.19. The normalized spacial score (nSPS) is 26.0. The van der Waals surface area contributed by atoms with Gasteiger partial charge in [-0.25, -0.2) is 4.39 Å². The number of rotatable bonds is 1. The summed E-state index contributed by atoms with van der Waals surface area (Å²) in [5, 5.41) is 3.80. The van der Waals surface area contributed by atoms with Gasteiger partial charge < -0.3 is 10.1 Å². The first-order valence-corrected chi connectivity index (χ1v) is 7.62. The molecule has 0 aliphatic carbocycles. The highest BCUT2D eigenvalue weighted by atomic mass is 32.1. The Kier molecular flexibility index (Phi) is 2.87. The van der Waals surface area contributed by atoms with Gasteiger partial charge in [-0.15, -0.1) is 0 Å². The summed E-state index contributed by atoms with van der Waals surface area (Å²) in [6.07, 6.45) is 0.693. The Hall–Kier alpha value is -2.14. The zero-order valence-electron chi connectivity index (χ0n) is 12.0. The van der Waals surface area contributed by atoms with Crippen LogP contribution in [0, 0.1) is 5.82 Å². The van der Waals surface area contributed by atoms with Gasteiger partial charge in [0, 0.05) is 12.0 Å². The first-order chi connectivity index (χ1) is 10.6. The first kappa shape index (κ1) is 13.5. The maximum atomic E-state index is 14.3. The molecule has 0 amide bonds. The fourth-order valence-electron chi connectivity index (χ4n) is 3.32. The van der Waals surface area contributed by atoms with Crippen molar-refractivity contribution in [2.24, 2.45) is 0 Å². The van der Waals surface area contributed by atoms with Crippen molar-refractivity contribution in [1.29, 1.82) is 0 Å². The third kappa shape index (κ3) is 1.89. The standard InChI is InChI=1S/C17H15FN2OS/c1-17-10-13(11-6-2-5-9-15(11)21-17)19-16(22)20(17)14-8-4-3-7-12(14)18/h2-9,13H,10H2,1H3,(H,19,22)/t13-,17-/m0/s1. The molecule has 2 bridgehead atoms. The van der Waals surface area contributed by atoms with Crippen LogP contribution in [-0.2, 0) is 0 Å². The predicted molar refractivity (Wildman–Crippen MR) is 87.4 cm³/mol. The van der Waals surface area contributed by atoms with E-state index in [0.29, 0.717) is 17.2 Å². The van der Waals surface area contributed by atoms with Gasteiger partial charge in [0.2, 0.25) is 0 Å². The summed E-state index contributed by atoms with van der Waals surface area (Å²) in [6, 6.07) is 14.6. The van der Waals surface area contributed by atoms with Crippen LogP contribution >= 0.6 is 12.2 Å². The Labute approximate surface area is 133 Å². The molecule has 1 saturated heterocycles. The molecule has 2 aliphatic heterocycles. The van der Waals surface area contributed by atoms with Gasteiger partial charge >= 0.3 is 0 Å². The molecular formula is C17H15FN2OS. The maximum Gasteiger partial charge on any atom is 0.188 e. The number of nitrogens with one attached hydrogen (secondary N) is 1. The van der Waals surface area contributed by atoms with E-state index in [1.54, 1.807) is 23.1 Å². The van der Waals surface area contributed by atoms with Crippen molar-refractivity contribution in [3.05, 3.63) is 59.9 Å². The van der Waals surface area contributed by atoms with Gasteiger partial charge in [0.05, 0.1) is 11.7 Å². The second-order valence-electron chi connectivity index (χ2n) is 5.81. The van der Waals surface area contributed by atoms with E-state index in [9.17, 15) is 4.39 Å². The topological polar surface area (TPSA) is 24.5 Å². The third-order valence-corrected chi connectivity index (χ3v) is 4.57. The molecule has 2 aromatic rings. The Morgan fingerprint density at radius 3 is 2.77 bits per heavy atom. The molecular weight excluding hydrogens is 299 g/mol. The van der Waals surface area contributed by atoms with Crippen molar-refractivity contribution in [3.63, 3.8) is 0 Å². The molecule has 2 heterocycles. The summed E-state index contributed by atoms with van der Waals surface area (Å²) < 4.78 is 20.5. The van der Waals surface area contributed by atoms with Crippen LogP contribution in [0.3, 0.4) is 0 Å². The van der Waals surface area contributed by atoms with Crippen molar-refractivity contribution in [2.75, 3.05) is 4.90 Å². The number of hydrogen-bond donors (Lipinski definition) is 1. The highest BCUT2D eigenvalue weighted by molar-refractivity contribution is 7.80. The number of ether oxygens (including phenoxy) is 1. The van der Waals surface area contributed by atoms with Crippen LogP contribution in [0.4, 0.5) is 10.1 Å². The molecule has 2 aliphatic rings. The number of hydrogen-bond acceptors (Lipinski definition) is 2. The smallest absolute Gasteiger partial charge is 0.188 e. The number of thiocarbonyl (C=S) groups is 1. The minimum absolute atomic E-state index is 0.0884. The summed E-state index contributed by atoms with van der Waals surface area (Å²) in [6.45, 7) is 1.95. The van der Waals surface area contributed by atoms with Crippen LogP contribution in [0.1, 0.15) is 24.9 Å². The van der Waals surface area contributed by atoms with E-state index in [-0.39, 0.29) is 11.9 Å². The van der Waals surface area contributed by atoms with Gasteiger partial charge in [-0.3, -0.25) is 4.90 Å². The molecule has 22 heavy (non-hydrogen) atoms. The van der Waals surface area contributed by atoms with Crippen molar-refractivity contribution in [3.8, 4) is 5.75 Å². The lowest BCUT2D eigenvalue weighted by Crippen LogP contribution is -2.65. The lowest BCUT2D eigenvalue weighted by atomic mass is 9.90. The highest BCUT2D eigenvalue weighted by Crippen LogP contribution is 2.45. The molecule has 3 nitrogen and oxygen atoms in total. The van der Waals surface area contributed by atoms with Crippen LogP contribution in [0.2, 0.25) is 0 Å². The minimum Gasteiger partial charge on any atom is -0.467 e. The summed E-state index contributed by atoms with van der Waals surface area (Å²) in [7, 11) is 0. The van der Waals surface area contributed by atoms with E-state index < -0.39 is 5.72 Å². The van der Waals surface area contributed by atoms with Crippen molar-refractivity contribution < 1.29 is 9.13 Å². The number of halogens is 1. The van der Waals surface area contributed by atoms with Crippen molar-refractivity contribution in [1.82, 2.24) is 5.32 Å². The summed E-state index contributed by atoms with van der Waals surface area (Å²) in [5.41, 5.74) is 0.819. The van der Waals surface area contributed by atoms with Gasteiger partial charge in [0.15, 0.2) is 10.8 Å². The largest absolute Gasteiger partial charge is 0.467 e. The molecule has 0 radical (unpaired) electrons.